The van der Waals surface area contributed by atoms with Gasteiger partial charge in [-0.1, -0.05) is 0 Å². The number of thioether (sulfide) groups is 1. The summed E-state index contributed by atoms with van der Waals surface area (Å²) in [6, 6.07) is 3.69. The topological polar surface area (TPSA) is 22.1 Å². The van der Waals surface area contributed by atoms with E-state index in [9.17, 15) is 0 Å². The third kappa shape index (κ3) is 1.42. The van der Waals surface area contributed by atoms with Gasteiger partial charge in [0.25, 0.3) is 0 Å². The van der Waals surface area contributed by atoms with Crippen molar-refractivity contribution in [2.45, 2.75) is 5.03 Å². The molecule has 0 atom stereocenters. The van der Waals surface area contributed by atoms with Gasteiger partial charge in [0.05, 0.1) is 7.11 Å². The van der Waals surface area contributed by atoms with Crippen LogP contribution in [-0.2, 0) is 0 Å². The van der Waals surface area contributed by atoms with Crippen molar-refractivity contribution in [3.05, 3.63) is 24.6 Å². The van der Waals surface area contributed by atoms with E-state index in [0.717, 1.165) is 10.8 Å². The molecule has 0 spiro atoms. The lowest BCUT2D eigenvalue weighted by molar-refractivity contribution is 0.401. The molecular formula is C7H8NOS. The Hall–Kier alpha value is -0.700. The molecule has 0 amide bonds. The van der Waals surface area contributed by atoms with Gasteiger partial charge in [-0.25, -0.2) is 4.98 Å². The zero-order valence-corrected chi connectivity index (χ0v) is 6.52. The summed E-state index contributed by atoms with van der Waals surface area (Å²) < 4.78 is 5.01. The van der Waals surface area contributed by atoms with Gasteiger partial charge in [-0.05, 0) is 12.1 Å². The van der Waals surface area contributed by atoms with E-state index in [1.165, 1.54) is 11.8 Å². The SMILES string of the molecule is [CH2]Sc1ncccc1OC. The van der Waals surface area contributed by atoms with E-state index in [2.05, 4.69) is 11.2 Å². The van der Waals surface area contributed by atoms with Crippen LogP contribution < -0.4 is 4.74 Å². The van der Waals surface area contributed by atoms with Gasteiger partial charge in [0.2, 0.25) is 0 Å². The molecule has 0 unspecified atom stereocenters. The summed E-state index contributed by atoms with van der Waals surface area (Å²) in [6.07, 6.45) is 5.36. The summed E-state index contributed by atoms with van der Waals surface area (Å²) in [4.78, 5) is 4.04. The van der Waals surface area contributed by atoms with Crippen LogP contribution in [0.25, 0.3) is 0 Å². The van der Waals surface area contributed by atoms with Crippen LogP contribution in [0.15, 0.2) is 23.4 Å². The molecule has 0 fully saturated rings. The Morgan fingerprint density at radius 1 is 1.70 bits per heavy atom. The van der Waals surface area contributed by atoms with Crippen LogP contribution in [0.2, 0.25) is 0 Å². The van der Waals surface area contributed by atoms with E-state index >= 15 is 0 Å². The van der Waals surface area contributed by atoms with Gasteiger partial charge in [0.1, 0.15) is 5.03 Å². The smallest absolute Gasteiger partial charge is 0.151 e. The molecule has 0 aromatic carbocycles. The Bertz CT molecular complexity index is 192. The van der Waals surface area contributed by atoms with Crippen molar-refractivity contribution >= 4 is 11.8 Å². The highest BCUT2D eigenvalue weighted by atomic mass is 32.2. The largest absolute Gasteiger partial charge is 0.494 e. The summed E-state index contributed by atoms with van der Waals surface area (Å²) in [7, 11) is 1.62. The van der Waals surface area contributed by atoms with Crippen molar-refractivity contribution < 1.29 is 4.74 Å². The number of aromatic nitrogens is 1. The Kier molecular flexibility index (Phi) is 2.57. The minimum absolute atomic E-state index is 0.780. The molecule has 1 aromatic rings. The molecule has 3 heteroatoms. The molecule has 1 heterocycles. The second-order valence-electron chi connectivity index (χ2n) is 1.66. The molecule has 1 radical (unpaired) electrons. The standard InChI is InChI=1S/C7H8NOS/c1-9-6-4-3-5-8-7(6)10-2/h3-5H,2H2,1H3. The Morgan fingerprint density at radius 2 is 2.50 bits per heavy atom. The van der Waals surface area contributed by atoms with Crippen LogP contribution >= 0.6 is 11.8 Å². The van der Waals surface area contributed by atoms with Crippen molar-refractivity contribution in [3.63, 3.8) is 0 Å². The lowest BCUT2D eigenvalue weighted by atomic mass is 10.5. The zero-order chi connectivity index (χ0) is 7.40. The number of hydrogen-bond donors (Lipinski definition) is 0. The lowest BCUT2D eigenvalue weighted by Gasteiger charge is -2.01. The van der Waals surface area contributed by atoms with Gasteiger partial charge in [0, 0.05) is 12.5 Å². The molecule has 10 heavy (non-hydrogen) atoms. The van der Waals surface area contributed by atoms with Gasteiger partial charge >= 0.3 is 0 Å². The first-order valence-corrected chi connectivity index (χ1v) is 3.78. The summed E-state index contributed by atoms with van der Waals surface area (Å²) in [5, 5.41) is 0.824. The minimum atomic E-state index is 0.780. The molecule has 0 saturated heterocycles. The van der Waals surface area contributed by atoms with E-state index in [4.69, 9.17) is 4.74 Å². The van der Waals surface area contributed by atoms with Gasteiger partial charge in [0.15, 0.2) is 5.75 Å². The molecule has 53 valence electrons. The van der Waals surface area contributed by atoms with E-state index in [1.807, 2.05) is 12.1 Å². The second kappa shape index (κ2) is 3.46. The van der Waals surface area contributed by atoms with Crippen molar-refractivity contribution in [1.29, 1.82) is 0 Å². The molecule has 2 nitrogen and oxygen atoms in total. The monoisotopic (exact) mass is 154 g/mol. The van der Waals surface area contributed by atoms with Crippen molar-refractivity contribution in [2.75, 3.05) is 7.11 Å². The number of ether oxygens (including phenoxy) is 1. The van der Waals surface area contributed by atoms with Gasteiger partial charge in [-0.3, -0.25) is 0 Å². The Labute approximate surface area is 64.6 Å². The van der Waals surface area contributed by atoms with Crippen molar-refractivity contribution in [3.8, 4) is 5.75 Å². The van der Waals surface area contributed by atoms with Crippen LogP contribution in [0.1, 0.15) is 0 Å². The summed E-state index contributed by atoms with van der Waals surface area (Å²) >= 11 is 1.33. The first-order chi connectivity index (χ1) is 4.88. The fourth-order valence-corrected chi connectivity index (χ4v) is 1.07. The van der Waals surface area contributed by atoms with E-state index in [1.54, 1.807) is 13.3 Å². The van der Waals surface area contributed by atoms with Crippen LogP contribution in [0.5, 0.6) is 5.75 Å². The van der Waals surface area contributed by atoms with Crippen molar-refractivity contribution in [2.24, 2.45) is 0 Å². The molecule has 0 bridgehead atoms. The third-order valence-corrected chi connectivity index (χ3v) is 1.67. The first-order valence-electron chi connectivity index (χ1n) is 2.79. The second-order valence-corrected chi connectivity index (χ2v) is 2.33. The third-order valence-electron chi connectivity index (χ3n) is 1.09. The normalized spacial score (nSPS) is 9.40. The fraction of sp³-hybridized carbons (Fsp3) is 0.143. The minimum Gasteiger partial charge on any atom is -0.494 e. The predicted octanol–water partition coefficient (Wildman–Crippen LogP) is 1.97. The van der Waals surface area contributed by atoms with Gasteiger partial charge in [-0.2, -0.15) is 0 Å². The lowest BCUT2D eigenvalue weighted by Crippen LogP contribution is -1.86. The number of rotatable bonds is 2. The molecule has 0 aliphatic carbocycles. The Morgan fingerprint density at radius 3 is 3.00 bits per heavy atom. The zero-order valence-electron chi connectivity index (χ0n) is 5.70. The van der Waals surface area contributed by atoms with E-state index < -0.39 is 0 Å². The van der Waals surface area contributed by atoms with Crippen molar-refractivity contribution in [1.82, 2.24) is 4.98 Å². The van der Waals surface area contributed by atoms with E-state index in [-0.39, 0.29) is 0 Å². The molecule has 1 aromatic heterocycles. The summed E-state index contributed by atoms with van der Waals surface area (Å²) in [5.74, 6) is 0.780. The van der Waals surface area contributed by atoms with Gasteiger partial charge < -0.3 is 4.74 Å². The first kappa shape index (κ1) is 7.41. The quantitative estimate of drug-likeness (QED) is 0.608. The summed E-state index contributed by atoms with van der Waals surface area (Å²) in [6.45, 7) is 0. The summed E-state index contributed by atoms with van der Waals surface area (Å²) in [5.41, 5.74) is 0. The number of pyridine rings is 1. The van der Waals surface area contributed by atoms with Gasteiger partial charge in [-0.15, -0.1) is 11.8 Å². The van der Waals surface area contributed by atoms with Crippen LogP contribution in [0.3, 0.4) is 0 Å². The highest BCUT2D eigenvalue weighted by Gasteiger charge is 1.98. The molecule has 0 aliphatic heterocycles. The Balaban J connectivity index is 2.96. The number of hydrogen-bond acceptors (Lipinski definition) is 3. The molecule has 0 N–H and O–H groups in total. The fourth-order valence-electron chi connectivity index (χ4n) is 0.640. The maximum Gasteiger partial charge on any atom is 0.151 e. The average molecular weight is 154 g/mol. The highest BCUT2D eigenvalue weighted by molar-refractivity contribution is 8.00. The maximum absolute atomic E-state index is 5.01. The maximum atomic E-state index is 5.01. The number of methoxy groups -OCH3 is 1. The molecule has 0 aliphatic rings. The molecular weight excluding hydrogens is 146 g/mol. The van der Waals surface area contributed by atoms with E-state index in [0.29, 0.717) is 0 Å². The molecule has 1 rings (SSSR count). The highest BCUT2D eigenvalue weighted by Crippen LogP contribution is 2.24. The van der Waals surface area contributed by atoms with Crippen LogP contribution in [0, 0.1) is 6.26 Å². The molecule has 0 saturated carbocycles. The van der Waals surface area contributed by atoms with Crippen LogP contribution in [-0.4, -0.2) is 12.1 Å². The van der Waals surface area contributed by atoms with Crippen LogP contribution in [0.4, 0.5) is 0 Å². The number of nitrogens with zero attached hydrogens (tertiary/aromatic N) is 1. The predicted molar refractivity (Wildman–Crippen MR) is 42.0 cm³/mol. The average Bonchev–Trinajstić information content (AvgIpc) is 2.04.